The molecule has 0 fully saturated rings. The third-order valence-corrected chi connectivity index (χ3v) is 2.35. The molecule has 1 aliphatic heterocycles. The average Bonchev–Trinajstić information content (AvgIpc) is 2.35. The molecule has 5 nitrogen and oxygen atoms in total. The summed E-state index contributed by atoms with van der Waals surface area (Å²) in [5.41, 5.74) is 6.58. The molecule has 0 aliphatic carbocycles. The van der Waals surface area contributed by atoms with Crippen molar-refractivity contribution in [2.75, 3.05) is 20.3 Å². The van der Waals surface area contributed by atoms with E-state index in [1.807, 2.05) is 18.2 Å². The van der Waals surface area contributed by atoms with Crippen LogP contribution in [-0.2, 0) is 6.54 Å². The van der Waals surface area contributed by atoms with E-state index < -0.39 is 0 Å². The van der Waals surface area contributed by atoms with E-state index in [1.54, 1.807) is 7.05 Å². The summed E-state index contributed by atoms with van der Waals surface area (Å²) in [4.78, 5) is 3.83. The lowest BCUT2D eigenvalue weighted by atomic mass is 10.1. The Morgan fingerprint density at radius 3 is 2.94 bits per heavy atom. The summed E-state index contributed by atoms with van der Waals surface area (Å²) in [7, 11) is 1.64. The number of aliphatic imine (C=N–C) groups is 1. The zero-order chi connectivity index (χ0) is 11.4. The molecule has 17 heavy (non-hydrogen) atoms. The second-order valence-electron chi connectivity index (χ2n) is 3.40. The molecular formula is C11H16IN3O2. The number of nitrogens with zero attached hydrogens (tertiary/aromatic N) is 1. The Hall–Kier alpha value is -1.18. The summed E-state index contributed by atoms with van der Waals surface area (Å²) >= 11 is 0. The minimum atomic E-state index is 0. The highest BCUT2D eigenvalue weighted by Gasteiger charge is 2.14. The first-order valence-electron chi connectivity index (χ1n) is 5.15. The van der Waals surface area contributed by atoms with Gasteiger partial charge in [0.2, 0.25) is 0 Å². The van der Waals surface area contributed by atoms with Crippen LogP contribution in [-0.4, -0.2) is 26.2 Å². The SMILES string of the molecule is CN=C(N)NCc1cccc2c1OCCO2.I. The van der Waals surface area contributed by atoms with E-state index in [9.17, 15) is 0 Å². The molecule has 1 aromatic rings. The lowest BCUT2D eigenvalue weighted by Crippen LogP contribution is -2.31. The van der Waals surface area contributed by atoms with Crippen LogP contribution in [0, 0.1) is 0 Å². The molecule has 0 radical (unpaired) electrons. The molecule has 0 saturated carbocycles. The second-order valence-corrected chi connectivity index (χ2v) is 3.40. The van der Waals surface area contributed by atoms with Gasteiger partial charge in [-0.05, 0) is 6.07 Å². The monoisotopic (exact) mass is 349 g/mol. The number of benzene rings is 1. The largest absolute Gasteiger partial charge is 0.486 e. The summed E-state index contributed by atoms with van der Waals surface area (Å²) in [6.45, 7) is 1.76. The first-order chi connectivity index (χ1) is 7.81. The van der Waals surface area contributed by atoms with Crippen LogP contribution in [0.25, 0.3) is 0 Å². The van der Waals surface area contributed by atoms with Crippen LogP contribution in [0.1, 0.15) is 5.56 Å². The minimum absolute atomic E-state index is 0. The smallest absolute Gasteiger partial charge is 0.188 e. The van der Waals surface area contributed by atoms with E-state index in [4.69, 9.17) is 15.2 Å². The standard InChI is InChI=1S/C11H15N3O2.HI/c1-13-11(12)14-7-8-3-2-4-9-10(8)16-6-5-15-9;/h2-4H,5-7H2,1H3,(H3,12,13,14);1H. The fourth-order valence-electron chi connectivity index (χ4n) is 1.54. The average molecular weight is 349 g/mol. The van der Waals surface area contributed by atoms with Gasteiger partial charge >= 0.3 is 0 Å². The number of para-hydroxylation sites is 1. The highest BCUT2D eigenvalue weighted by atomic mass is 127. The second kappa shape index (κ2) is 6.53. The normalized spacial score (nSPS) is 13.8. The molecule has 0 atom stereocenters. The fourth-order valence-corrected chi connectivity index (χ4v) is 1.54. The van der Waals surface area contributed by atoms with Gasteiger partial charge in [-0.2, -0.15) is 0 Å². The van der Waals surface area contributed by atoms with Gasteiger partial charge in [0.05, 0.1) is 0 Å². The number of ether oxygens (including phenoxy) is 2. The Morgan fingerprint density at radius 2 is 2.18 bits per heavy atom. The van der Waals surface area contributed by atoms with Crippen molar-refractivity contribution in [1.82, 2.24) is 5.32 Å². The number of nitrogens with one attached hydrogen (secondary N) is 1. The van der Waals surface area contributed by atoms with Crippen molar-refractivity contribution in [2.45, 2.75) is 6.54 Å². The number of hydrogen-bond donors (Lipinski definition) is 2. The quantitative estimate of drug-likeness (QED) is 0.477. The van der Waals surface area contributed by atoms with Crippen molar-refractivity contribution in [2.24, 2.45) is 10.7 Å². The third-order valence-electron chi connectivity index (χ3n) is 2.35. The molecule has 1 heterocycles. The Bertz CT molecular complexity index is 410. The van der Waals surface area contributed by atoms with Crippen molar-refractivity contribution in [3.8, 4) is 11.5 Å². The Labute approximate surface area is 117 Å². The van der Waals surface area contributed by atoms with E-state index in [1.165, 1.54) is 0 Å². The number of hydrogen-bond acceptors (Lipinski definition) is 3. The first kappa shape index (κ1) is 13.9. The summed E-state index contributed by atoms with van der Waals surface area (Å²) < 4.78 is 11.1. The number of fused-ring (bicyclic) bond motifs is 1. The predicted molar refractivity (Wildman–Crippen MR) is 77.2 cm³/mol. The van der Waals surface area contributed by atoms with E-state index in [0.717, 1.165) is 17.1 Å². The van der Waals surface area contributed by atoms with Crippen LogP contribution in [0.5, 0.6) is 11.5 Å². The van der Waals surface area contributed by atoms with Crippen LogP contribution < -0.4 is 20.5 Å². The number of rotatable bonds is 2. The molecule has 1 aliphatic rings. The molecule has 94 valence electrons. The fraction of sp³-hybridized carbons (Fsp3) is 0.364. The van der Waals surface area contributed by atoms with Gasteiger partial charge in [0.1, 0.15) is 13.2 Å². The van der Waals surface area contributed by atoms with E-state index in [2.05, 4.69) is 10.3 Å². The summed E-state index contributed by atoms with van der Waals surface area (Å²) in [5, 5.41) is 2.99. The molecule has 3 N–H and O–H groups in total. The number of halogens is 1. The maximum Gasteiger partial charge on any atom is 0.188 e. The van der Waals surface area contributed by atoms with Crippen molar-refractivity contribution in [1.29, 1.82) is 0 Å². The van der Waals surface area contributed by atoms with Gasteiger partial charge in [-0.25, -0.2) is 0 Å². The van der Waals surface area contributed by atoms with Crippen molar-refractivity contribution >= 4 is 29.9 Å². The molecule has 0 saturated heterocycles. The molecular weight excluding hydrogens is 333 g/mol. The lowest BCUT2D eigenvalue weighted by Gasteiger charge is -2.21. The molecule has 0 spiro atoms. The van der Waals surface area contributed by atoms with E-state index >= 15 is 0 Å². The molecule has 2 rings (SSSR count). The minimum Gasteiger partial charge on any atom is -0.486 e. The van der Waals surface area contributed by atoms with Crippen molar-refractivity contribution in [3.63, 3.8) is 0 Å². The highest BCUT2D eigenvalue weighted by molar-refractivity contribution is 14.0. The van der Waals surface area contributed by atoms with Crippen LogP contribution in [0.2, 0.25) is 0 Å². The number of guanidine groups is 1. The zero-order valence-electron chi connectivity index (χ0n) is 9.60. The van der Waals surface area contributed by atoms with Crippen LogP contribution in [0.4, 0.5) is 0 Å². The van der Waals surface area contributed by atoms with Crippen LogP contribution >= 0.6 is 24.0 Å². The Morgan fingerprint density at radius 1 is 1.41 bits per heavy atom. The van der Waals surface area contributed by atoms with Gasteiger partial charge < -0.3 is 20.5 Å². The highest BCUT2D eigenvalue weighted by Crippen LogP contribution is 2.33. The van der Waals surface area contributed by atoms with Gasteiger partial charge in [-0.1, -0.05) is 12.1 Å². The Kier molecular flexibility index (Phi) is 5.33. The maximum atomic E-state index is 5.57. The van der Waals surface area contributed by atoms with Gasteiger partial charge in [0, 0.05) is 19.2 Å². The van der Waals surface area contributed by atoms with E-state index in [0.29, 0.717) is 25.7 Å². The van der Waals surface area contributed by atoms with Gasteiger partial charge in [-0.15, -0.1) is 24.0 Å². The third kappa shape index (κ3) is 3.39. The molecule has 0 unspecified atom stereocenters. The van der Waals surface area contributed by atoms with Gasteiger partial charge in [-0.3, -0.25) is 4.99 Å². The summed E-state index contributed by atoms with van der Waals surface area (Å²) in [5.74, 6) is 2.00. The van der Waals surface area contributed by atoms with Gasteiger partial charge in [0.15, 0.2) is 17.5 Å². The molecule has 0 aromatic heterocycles. The van der Waals surface area contributed by atoms with Crippen LogP contribution in [0.3, 0.4) is 0 Å². The molecule has 0 bridgehead atoms. The topological polar surface area (TPSA) is 68.9 Å². The number of nitrogens with two attached hydrogens (primary N) is 1. The van der Waals surface area contributed by atoms with Crippen LogP contribution in [0.15, 0.2) is 23.2 Å². The van der Waals surface area contributed by atoms with Crippen molar-refractivity contribution in [3.05, 3.63) is 23.8 Å². The summed E-state index contributed by atoms with van der Waals surface area (Å²) in [6.07, 6.45) is 0. The molecule has 6 heteroatoms. The first-order valence-corrected chi connectivity index (χ1v) is 5.15. The summed E-state index contributed by atoms with van der Waals surface area (Å²) in [6, 6.07) is 5.81. The zero-order valence-corrected chi connectivity index (χ0v) is 11.9. The predicted octanol–water partition coefficient (Wildman–Crippen LogP) is 1.11. The maximum absolute atomic E-state index is 5.57. The van der Waals surface area contributed by atoms with Gasteiger partial charge in [0.25, 0.3) is 0 Å². The lowest BCUT2D eigenvalue weighted by molar-refractivity contribution is 0.170. The van der Waals surface area contributed by atoms with E-state index in [-0.39, 0.29) is 24.0 Å². The molecule has 0 amide bonds. The molecule has 1 aromatic carbocycles. The van der Waals surface area contributed by atoms with Crippen molar-refractivity contribution < 1.29 is 9.47 Å². The Balaban J connectivity index is 0.00000144.